The monoisotopic (exact) mass is 231 g/mol. The summed E-state index contributed by atoms with van der Waals surface area (Å²) in [6.45, 7) is 1.69. The van der Waals surface area contributed by atoms with Crippen molar-refractivity contribution < 1.29 is 4.79 Å². The summed E-state index contributed by atoms with van der Waals surface area (Å²) >= 11 is 7.07. The Morgan fingerprint density at radius 1 is 1.57 bits per heavy atom. The summed E-state index contributed by atoms with van der Waals surface area (Å²) in [5, 5.41) is 9.38. The minimum Gasteiger partial charge on any atom is -0.333 e. The van der Waals surface area contributed by atoms with Crippen LogP contribution in [0.15, 0.2) is 12.1 Å². The Balaban J connectivity index is 1.81. The molecule has 3 N–H and O–H groups in total. The van der Waals surface area contributed by atoms with E-state index in [2.05, 4.69) is 16.0 Å². The third kappa shape index (κ3) is 2.37. The van der Waals surface area contributed by atoms with Crippen LogP contribution < -0.4 is 16.0 Å². The van der Waals surface area contributed by atoms with Crippen molar-refractivity contribution in [1.82, 2.24) is 10.6 Å². The summed E-state index contributed by atoms with van der Waals surface area (Å²) < 4.78 is 0.672. The van der Waals surface area contributed by atoms with Gasteiger partial charge in [-0.05, 0) is 12.1 Å². The highest BCUT2D eigenvalue weighted by atomic mass is 35.5. The van der Waals surface area contributed by atoms with E-state index in [1.54, 1.807) is 12.1 Å². The quantitative estimate of drug-likeness (QED) is 0.723. The molecule has 1 aromatic rings. The maximum absolute atomic E-state index is 11.3. The molecule has 0 aromatic carbocycles. The number of carbonyl (C=O) groups is 1. The molecule has 2 rings (SSSR count). The second-order valence-corrected chi connectivity index (χ2v) is 4.77. The molecule has 1 fully saturated rings. The molecule has 1 aliphatic rings. The van der Waals surface area contributed by atoms with Gasteiger partial charge >= 0.3 is 6.03 Å². The number of nitrogens with one attached hydrogen (secondary N) is 3. The lowest BCUT2D eigenvalue weighted by atomic mass is 10.2. The highest BCUT2D eigenvalue weighted by Crippen LogP contribution is 2.25. The van der Waals surface area contributed by atoms with Gasteiger partial charge in [0.2, 0.25) is 0 Å². The summed E-state index contributed by atoms with van der Waals surface area (Å²) in [6.07, 6.45) is 0. The maximum atomic E-state index is 11.3. The predicted octanol–water partition coefficient (Wildman–Crippen LogP) is 1.49. The number of halogens is 1. The summed E-state index contributed by atoms with van der Waals surface area (Å²) in [5.74, 6) is 0. The van der Waals surface area contributed by atoms with Gasteiger partial charge in [-0.1, -0.05) is 11.6 Å². The average molecular weight is 232 g/mol. The molecule has 2 amide bonds. The number of rotatable bonds is 2. The van der Waals surface area contributed by atoms with E-state index in [1.807, 2.05) is 0 Å². The van der Waals surface area contributed by atoms with Gasteiger partial charge in [-0.25, -0.2) is 4.79 Å². The Bertz CT molecular complexity index is 337. The van der Waals surface area contributed by atoms with Crippen LogP contribution in [-0.4, -0.2) is 25.2 Å². The van der Waals surface area contributed by atoms with Crippen LogP contribution in [0.1, 0.15) is 0 Å². The van der Waals surface area contributed by atoms with Gasteiger partial charge in [0.05, 0.1) is 15.4 Å². The number of thiophene rings is 1. The molecule has 1 aromatic heterocycles. The highest BCUT2D eigenvalue weighted by molar-refractivity contribution is 7.20. The van der Waals surface area contributed by atoms with Gasteiger partial charge in [-0.15, -0.1) is 11.3 Å². The van der Waals surface area contributed by atoms with Crippen LogP contribution in [0.3, 0.4) is 0 Å². The fraction of sp³-hybridized carbons (Fsp3) is 0.375. The molecular formula is C8H10ClN3OS. The van der Waals surface area contributed by atoms with E-state index in [9.17, 15) is 4.79 Å². The lowest BCUT2D eigenvalue weighted by molar-refractivity contribution is 0.243. The maximum Gasteiger partial charge on any atom is 0.320 e. The summed E-state index contributed by atoms with van der Waals surface area (Å²) in [4.78, 5) is 11.3. The summed E-state index contributed by atoms with van der Waals surface area (Å²) in [5.41, 5.74) is 0. The molecule has 0 spiro atoms. The molecule has 0 bridgehead atoms. The first-order valence-corrected chi connectivity index (χ1v) is 5.47. The first kappa shape index (κ1) is 9.76. The standard InChI is InChI=1S/C8H10ClN3OS/c9-6-1-2-7(14-6)12-8(13)11-5-3-10-4-5/h1-2,5,10H,3-4H2,(H2,11,12,13). The molecule has 0 radical (unpaired) electrons. The Kier molecular flexibility index (Phi) is 2.90. The topological polar surface area (TPSA) is 53.2 Å². The molecule has 0 unspecified atom stereocenters. The fourth-order valence-electron chi connectivity index (χ4n) is 1.11. The minimum atomic E-state index is -0.171. The molecular weight excluding hydrogens is 222 g/mol. The molecule has 0 aliphatic carbocycles. The van der Waals surface area contributed by atoms with Crippen LogP contribution in [0.25, 0.3) is 0 Å². The van der Waals surface area contributed by atoms with E-state index < -0.39 is 0 Å². The molecule has 0 atom stereocenters. The molecule has 1 saturated heterocycles. The Labute approximate surface area is 90.6 Å². The summed E-state index contributed by atoms with van der Waals surface area (Å²) in [7, 11) is 0. The number of hydrogen-bond donors (Lipinski definition) is 3. The normalized spacial score (nSPS) is 16.1. The third-order valence-electron chi connectivity index (χ3n) is 1.93. The van der Waals surface area contributed by atoms with Gasteiger partial charge in [0.1, 0.15) is 0 Å². The zero-order valence-electron chi connectivity index (χ0n) is 7.34. The molecule has 4 nitrogen and oxygen atoms in total. The van der Waals surface area contributed by atoms with Crippen LogP contribution in [-0.2, 0) is 0 Å². The van der Waals surface area contributed by atoms with Gasteiger partial charge in [0.25, 0.3) is 0 Å². The number of amides is 2. The highest BCUT2D eigenvalue weighted by Gasteiger charge is 2.18. The molecule has 76 valence electrons. The molecule has 1 aliphatic heterocycles. The van der Waals surface area contributed by atoms with Crippen molar-refractivity contribution in [2.24, 2.45) is 0 Å². The van der Waals surface area contributed by atoms with Crippen molar-refractivity contribution in [1.29, 1.82) is 0 Å². The second-order valence-electron chi connectivity index (χ2n) is 3.06. The van der Waals surface area contributed by atoms with E-state index in [1.165, 1.54) is 11.3 Å². The lowest BCUT2D eigenvalue weighted by Crippen LogP contribution is -2.57. The predicted molar refractivity (Wildman–Crippen MR) is 58.1 cm³/mol. The van der Waals surface area contributed by atoms with Crippen LogP contribution >= 0.6 is 22.9 Å². The Hall–Kier alpha value is -0.780. The molecule has 0 saturated carbocycles. The van der Waals surface area contributed by atoms with Crippen molar-refractivity contribution in [2.45, 2.75) is 6.04 Å². The molecule has 2 heterocycles. The minimum absolute atomic E-state index is 0.171. The van der Waals surface area contributed by atoms with Crippen molar-refractivity contribution in [3.8, 4) is 0 Å². The van der Waals surface area contributed by atoms with Gasteiger partial charge in [0.15, 0.2) is 0 Å². The first-order valence-electron chi connectivity index (χ1n) is 4.27. The number of anilines is 1. The molecule has 14 heavy (non-hydrogen) atoms. The van der Waals surface area contributed by atoms with E-state index in [0.717, 1.165) is 18.1 Å². The largest absolute Gasteiger partial charge is 0.333 e. The van der Waals surface area contributed by atoms with E-state index in [0.29, 0.717) is 4.34 Å². The Morgan fingerprint density at radius 3 is 2.86 bits per heavy atom. The van der Waals surface area contributed by atoms with Crippen molar-refractivity contribution in [3.63, 3.8) is 0 Å². The van der Waals surface area contributed by atoms with Crippen LogP contribution in [0, 0.1) is 0 Å². The summed E-state index contributed by atoms with van der Waals surface area (Å²) in [6, 6.07) is 3.62. The fourth-order valence-corrected chi connectivity index (χ4v) is 2.04. The van der Waals surface area contributed by atoms with Gasteiger partial charge < -0.3 is 10.6 Å². The number of hydrogen-bond acceptors (Lipinski definition) is 3. The third-order valence-corrected chi connectivity index (χ3v) is 3.07. The van der Waals surface area contributed by atoms with Crippen LogP contribution in [0.4, 0.5) is 9.80 Å². The first-order chi connectivity index (χ1) is 6.74. The number of carbonyl (C=O) groups excluding carboxylic acids is 1. The van der Waals surface area contributed by atoms with Gasteiger partial charge in [-0.3, -0.25) is 5.32 Å². The second kappa shape index (κ2) is 4.16. The van der Waals surface area contributed by atoms with E-state index in [4.69, 9.17) is 11.6 Å². The Morgan fingerprint density at radius 2 is 2.36 bits per heavy atom. The van der Waals surface area contributed by atoms with Gasteiger partial charge in [-0.2, -0.15) is 0 Å². The zero-order chi connectivity index (χ0) is 9.97. The smallest absolute Gasteiger partial charge is 0.320 e. The van der Waals surface area contributed by atoms with Crippen molar-refractivity contribution in [2.75, 3.05) is 18.4 Å². The van der Waals surface area contributed by atoms with Crippen molar-refractivity contribution in [3.05, 3.63) is 16.5 Å². The zero-order valence-corrected chi connectivity index (χ0v) is 8.91. The van der Waals surface area contributed by atoms with Crippen LogP contribution in [0.5, 0.6) is 0 Å². The SMILES string of the molecule is O=C(Nc1ccc(Cl)s1)NC1CNC1. The van der Waals surface area contributed by atoms with E-state index in [-0.39, 0.29) is 12.1 Å². The van der Waals surface area contributed by atoms with Gasteiger partial charge in [0, 0.05) is 13.1 Å². The van der Waals surface area contributed by atoms with Crippen molar-refractivity contribution >= 4 is 34.0 Å². The number of urea groups is 1. The van der Waals surface area contributed by atoms with Crippen LogP contribution in [0.2, 0.25) is 4.34 Å². The lowest BCUT2D eigenvalue weighted by Gasteiger charge is -2.27. The van der Waals surface area contributed by atoms with E-state index >= 15 is 0 Å². The average Bonchev–Trinajstić information content (AvgIpc) is 2.44. The molecule has 6 heteroatoms.